The molecule has 8 nitrogen and oxygen atoms in total. The number of benzene rings is 1. The van der Waals surface area contributed by atoms with E-state index in [9.17, 15) is 4.79 Å². The van der Waals surface area contributed by atoms with E-state index in [1.807, 2.05) is 27.1 Å². The minimum Gasteiger partial charge on any atom is -0.496 e. The number of pyridine rings is 1. The Hall–Kier alpha value is -2.39. The largest absolute Gasteiger partial charge is 0.496 e. The number of aryl methyl sites for hydroxylation is 1. The second-order valence-electron chi connectivity index (χ2n) is 13.9. The minimum atomic E-state index is 0.0431. The Morgan fingerprint density at radius 1 is 0.860 bits per heavy atom. The molecule has 4 heterocycles. The van der Waals surface area contributed by atoms with Gasteiger partial charge in [-0.3, -0.25) is 14.6 Å². The van der Waals surface area contributed by atoms with Crippen LogP contribution in [-0.4, -0.2) is 98.4 Å². The maximum Gasteiger partial charge on any atom is 0.253 e. The predicted octanol–water partition coefficient (Wildman–Crippen LogP) is 4.05. The van der Waals surface area contributed by atoms with Gasteiger partial charge in [0.15, 0.2) is 0 Å². The molecule has 4 fully saturated rings. The highest BCUT2D eigenvalue weighted by atomic mass is 16.5. The number of methoxy groups -OCH3 is 2. The molecule has 0 atom stereocenters. The molecule has 3 saturated heterocycles. The second-order valence-corrected chi connectivity index (χ2v) is 13.9. The van der Waals surface area contributed by atoms with Crippen molar-refractivity contribution in [1.29, 1.82) is 0 Å². The van der Waals surface area contributed by atoms with Crippen LogP contribution in [0.2, 0.25) is 0 Å². The van der Waals surface area contributed by atoms with Gasteiger partial charge in [-0.05, 0) is 100 Å². The molecule has 0 unspecified atom stereocenters. The highest BCUT2D eigenvalue weighted by Crippen LogP contribution is 2.46. The number of piperazine rings is 1. The van der Waals surface area contributed by atoms with E-state index in [0.29, 0.717) is 5.41 Å². The number of ether oxygens (including phenoxy) is 2. The lowest BCUT2D eigenvalue weighted by Crippen LogP contribution is -2.53. The van der Waals surface area contributed by atoms with Gasteiger partial charge in [0.25, 0.3) is 5.56 Å². The quantitative estimate of drug-likeness (QED) is 0.497. The lowest BCUT2D eigenvalue weighted by atomic mass is 9.66. The zero-order valence-electron chi connectivity index (χ0n) is 27.2. The number of hydrogen-bond acceptors (Lipinski definition) is 7. The van der Waals surface area contributed by atoms with Crippen LogP contribution in [0.4, 0.5) is 0 Å². The lowest BCUT2D eigenvalue weighted by molar-refractivity contribution is 0.0113. The van der Waals surface area contributed by atoms with E-state index in [2.05, 4.69) is 32.1 Å². The average Bonchev–Trinajstić information content (AvgIpc) is 3.01. The van der Waals surface area contributed by atoms with Gasteiger partial charge in [0.05, 0.1) is 19.8 Å². The zero-order valence-corrected chi connectivity index (χ0v) is 27.2. The molecule has 1 aromatic carbocycles. The Balaban J connectivity index is 1.04. The highest BCUT2D eigenvalue weighted by molar-refractivity contribution is 5.72. The van der Waals surface area contributed by atoms with Gasteiger partial charge in [-0.25, -0.2) is 0 Å². The topological polar surface area (TPSA) is 62.2 Å². The van der Waals surface area contributed by atoms with Gasteiger partial charge in [0, 0.05) is 82.8 Å². The van der Waals surface area contributed by atoms with Gasteiger partial charge in [-0.1, -0.05) is 0 Å². The van der Waals surface area contributed by atoms with Crippen molar-refractivity contribution in [2.45, 2.75) is 65.0 Å². The molecule has 0 radical (unpaired) electrons. The maximum atomic E-state index is 12.4. The minimum absolute atomic E-state index is 0.0431. The van der Waals surface area contributed by atoms with Crippen molar-refractivity contribution >= 4 is 0 Å². The van der Waals surface area contributed by atoms with Crippen molar-refractivity contribution in [3.63, 3.8) is 0 Å². The van der Waals surface area contributed by atoms with Crippen LogP contribution < -0.4 is 20.3 Å². The number of hydrogen-bond donors (Lipinski definition) is 1. The van der Waals surface area contributed by atoms with Crippen molar-refractivity contribution in [3.8, 4) is 22.6 Å². The summed E-state index contributed by atoms with van der Waals surface area (Å²) in [5.41, 5.74) is 5.57. The van der Waals surface area contributed by atoms with Gasteiger partial charge in [0.1, 0.15) is 11.5 Å². The van der Waals surface area contributed by atoms with Crippen molar-refractivity contribution in [3.05, 3.63) is 45.4 Å². The van der Waals surface area contributed by atoms with Crippen LogP contribution in [0.25, 0.3) is 11.1 Å². The summed E-state index contributed by atoms with van der Waals surface area (Å²) in [4.78, 5) is 20.5. The first kappa shape index (κ1) is 30.6. The Morgan fingerprint density at radius 3 is 2.05 bits per heavy atom. The first-order valence-corrected chi connectivity index (χ1v) is 16.6. The molecule has 4 aliphatic rings. The molecule has 6 rings (SSSR count). The molecule has 8 heteroatoms. The van der Waals surface area contributed by atoms with Crippen LogP contribution in [-0.2, 0) is 13.6 Å². The number of likely N-dealkylation sites (tertiary alicyclic amines) is 1. The van der Waals surface area contributed by atoms with Gasteiger partial charge in [-0.2, -0.15) is 0 Å². The van der Waals surface area contributed by atoms with Crippen LogP contribution in [0.3, 0.4) is 0 Å². The molecule has 3 aliphatic heterocycles. The van der Waals surface area contributed by atoms with E-state index in [0.717, 1.165) is 84.0 Å². The monoisotopic (exact) mass is 591 g/mol. The van der Waals surface area contributed by atoms with Crippen molar-refractivity contribution in [2.24, 2.45) is 18.4 Å². The Bertz CT molecular complexity index is 1300. The number of nitrogens with one attached hydrogen (secondary N) is 1. The zero-order chi connectivity index (χ0) is 30.1. The fraction of sp³-hybridized carbons (Fsp3) is 0.686. The Morgan fingerprint density at radius 2 is 1.49 bits per heavy atom. The lowest BCUT2D eigenvalue weighted by Gasteiger charge is -2.49. The first-order chi connectivity index (χ1) is 20.8. The van der Waals surface area contributed by atoms with Crippen LogP contribution >= 0.6 is 0 Å². The van der Waals surface area contributed by atoms with Crippen LogP contribution in [0.15, 0.2) is 23.1 Å². The number of aromatic nitrogens is 1. The fourth-order valence-electron chi connectivity index (χ4n) is 8.21. The molecule has 1 N–H and O–H groups in total. The van der Waals surface area contributed by atoms with E-state index in [4.69, 9.17) is 9.47 Å². The molecule has 1 spiro atoms. The van der Waals surface area contributed by atoms with Gasteiger partial charge in [0.2, 0.25) is 0 Å². The molecule has 1 saturated carbocycles. The van der Waals surface area contributed by atoms with Gasteiger partial charge < -0.3 is 24.3 Å². The third-order valence-electron chi connectivity index (χ3n) is 11.5. The summed E-state index contributed by atoms with van der Waals surface area (Å²) in [6.07, 6.45) is 10.3. The van der Waals surface area contributed by atoms with E-state index in [1.165, 1.54) is 71.2 Å². The van der Waals surface area contributed by atoms with Crippen molar-refractivity contribution in [1.82, 2.24) is 24.6 Å². The van der Waals surface area contributed by atoms with E-state index >= 15 is 0 Å². The van der Waals surface area contributed by atoms with Gasteiger partial charge in [-0.15, -0.1) is 0 Å². The molecular weight excluding hydrogens is 538 g/mol. The second kappa shape index (κ2) is 12.9. The summed E-state index contributed by atoms with van der Waals surface area (Å²) in [6, 6.07) is 4.96. The molecule has 2 aromatic rings. The molecule has 1 aliphatic carbocycles. The predicted molar refractivity (Wildman–Crippen MR) is 173 cm³/mol. The molecule has 0 amide bonds. The maximum absolute atomic E-state index is 12.4. The fourth-order valence-corrected chi connectivity index (χ4v) is 8.21. The van der Waals surface area contributed by atoms with E-state index in [-0.39, 0.29) is 5.56 Å². The summed E-state index contributed by atoms with van der Waals surface area (Å²) < 4.78 is 13.5. The van der Waals surface area contributed by atoms with Crippen molar-refractivity contribution < 1.29 is 9.47 Å². The average molecular weight is 592 g/mol. The summed E-state index contributed by atoms with van der Waals surface area (Å²) in [6.45, 7) is 15.5. The van der Waals surface area contributed by atoms with E-state index in [1.54, 1.807) is 18.8 Å². The van der Waals surface area contributed by atoms with E-state index < -0.39 is 0 Å². The summed E-state index contributed by atoms with van der Waals surface area (Å²) >= 11 is 0. The Kier molecular flexibility index (Phi) is 9.20. The molecular formula is C35H53N5O3. The molecule has 0 bridgehead atoms. The number of nitrogens with zero attached hydrogens (tertiary/aromatic N) is 4. The van der Waals surface area contributed by atoms with Crippen LogP contribution in [0.1, 0.15) is 55.2 Å². The summed E-state index contributed by atoms with van der Waals surface area (Å²) in [5.74, 6) is 2.58. The van der Waals surface area contributed by atoms with Crippen LogP contribution in [0.5, 0.6) is 11.5 Å². The smallest absolute Gasteiger partial charge is 0.253 e. The normalized spacial score (nSPS) is 22.5. The standard InChI is InChI=1S/C35H53N5O3/c1-25-26(2)34(41)37(3)23-30(25)28-18-32(42-4)31(33(19-28)43-5)24-39-14-16-40(17-15-39)29-6-8-35(9-7-29)10-12-38(13-11-35)22-27-20-36-21-27/h18-19,23,27,29,36H,6-17,20-22,24H2,1-5H3. The first-order valence-electron chi connectivity index (χ1n) is 16.6. The summed E-state index contributed by atoms with van der Waals surface area (Å²) in [5, 5.41) is 3.43. The van der Waals surface area contributed by atoms with Crippen molar-refractivity contribution in [2.75, 3.05) is 73.1 Å². The number of piperidine rings is 1. The Labute approximate surface area is 258 Å². The third-order valence-corrected chi connectivity index (χ3v) is 11.5. The highest BCUT2D eigenvalue weighted by Gasteiger charge is 2.40. The SMILES string of the molecule is COc1cc(-c2cn(C)c(=O)c(C)c2C)cc(OC)c1CN1CCN(C2CCC3(CC2)CCN(CC2CNC2)CC3)CC1. The van der Waals surface area contributed by atoms with Crippen LogP contribution in [0, 0.1) is 25.2 Å². The molecule has 236 valence electrons. The molecule has 43 heavy (non-hydrogen) atoms. The number of rotatable bonds is 8. The third kappa shape index (κ3) is 6.39. The molecule has 1 aromatic heterocycles. The van der Waals surface area contributed by atoms with Gasteiger partial charge >= 0.3 is 0 Å². The summed E-state index contributed by atoms with van der Waals surface area (Å²) in [7, 11) is 5.29.